The van der Waals surface area contributed by atoms with Gasteiger partial charge in [-0.2, -0.15) is 0 Å². The number of thiocarbonyl (C=S) groups is 1. The van der Waals surface area contributed by atoms with Gasteiger partial charge in [0.05, 0.1) is 11.0 Å². The lowest BCUT2D eigenvalue weighted by Gasteiger charge is -2.40. The number of piperazine rings is 1. The Kier molecular flexibility index (Phi) is 4.46. The minimum atomic E-state index is -0.100. The maximum absolute atomic E-state index is 12.6. The summed E-state index contributed by atoms with van der Waals surface area (Å²) in [5, 5.41) is 0. The number of rotatable bonds is 3. The van der Waals surface area contributed by atoms with Crippen LogP contribution < -0.4 is 5.73 Å². The van der Waals surface area contributed by atoms with Crippen molar-refractivity contribution < 1.29 is 4.79 Å². The Morgan fingerprint density at radius 2 is 1.74 bits per heavy atom. The molecule has 5 heteroatoms. The van der Waals surface area contributed by atoms with Crippen LogP contribution in [0.4, 0.5) is 0 Å². The Morgan fingerprint density at radius 3 is 2.21 bits per heavy atom. The van der Waals surface area contributed by atoms with Gasteiger partial charge in [0, 0.05) is 31.6 Å². The average Bonchev–Trinajstić information content (AvgIpc) is 2.85. The molecule has 2 fully saturated rings. The molecule has 0 aromatic heterocycles. The fraction of sp³-hybridized carbons (Fsp3) is 0.857. The average molecular weight is 283 g/mol. The SMILES string of the molecule is CC(C(N)=S)N1CCN(C(=O)C2(C)CCCC2)CC1. The number of nitrogens with two attached hydrogens (primary N) is 1. The summed E-state index contributed by atoms with van der Waals surface area (Å²) < 4.78 is 0. The number of carbonyl (C=O) groups is 1. The number of amides is 1. The van der Waals surface area contributed by atoms with Crippen molar-refractivity contribution in [1.82, 2.24) is 9.80 Å². The molecular weight excluding hydrogens is 258 g/mol. The van der Waals surface area contributed by atoms with Gasteiger partial charge in [0.2, 0.25) is 5.91 Å². The molecule has 19 heavy (non-hydrogen) atoms. The molecule has 4 nitrogen and oxygen atoms in total. The number of hydrogen-bond acceptors (Lipinski definition) is 3. The third kappa shape index (κ3) is 3.08. The molecule has 2 N–H and O–H groups in total. The maximum Gasteiger partial charge on any atom is 0.228 e. The summed E-state index contributed by atoms with van der Waals surface area (Å²) in [5.41, 5.74) is 5.59. The molecule has 1 heterocycles. The predicted octanol–water partition coefficient (Wildman–Crippen LogP) is 1.39. The fourth-order valence-electron chi connectivity index (χ4n) is 3.24. The molecule has 0 bridgehead atoms. The third-order valence-corrected chi connectivity index (χ3v) is 5.13. The molecule has 2 rings (SSSR count). The van der Waals surface area contributed by atoms with Crippen molar-refractivity contribution >= 4 is 23.1 Å². The highest BCUT2D eigenvalue weighted by atomic mass is 32.1. The summed E-state index contributed by atoms with van der Waals surface area (Å²) in [4.78, 5) is 17.4. The van der Waals surface area contributed by atoms with Crippen molar-refractivity contribution in [2.45, 2.75) is 45.6 Å². The first kappa shape index (κ1) is 14.7. The van der Waals surface area contributed by atoms with Crippen LogP contribution in [-0.2, 0) is 4.79 Å². The lowest BCUT2D eigenvalue weighted by molar-refractivity contribution is -0.142. The van der Waals surface area contributed by atoms with E-state index in [1.54, 1.807) is 0 Å². The normalized spacial score (nSPS) is 25.3. The van der Waals surface area contributed by atoms with Crippen LogP contribution in [0.3, 0.4) is 0 Å². The summed E-state index contributed by atoms with van der Waals surface area (Å²) in [6, 6.07) is 0.134. The quantitative estimate of drug-likeness (QED) is 0.795. The lowest BCUT2D eigenvalue weighted by atomic mass is 9.87. The second kappa shape index (κ2) is 5.75. The topological polar surface area (TPSA) is 49.6 Å². The van der Waals surface area contributed by atoms with Gasteiger partial charge in [-0.05, 0) is 19.8 Å². The van der Waals surface area contributed by atoms with E-state index in [9.17, 15) is 4.79 Å². The van der Waals surface area contributed by atoms with Crippen molar-refractivity contribution in [2.24, 2.45) is 11.1 Å². The molecule has 1 aliphatic carbocycles. The Balaban J connectivity index is 1.89. The summed E-state index contributed by atoms with van der Waals surface area (Å²) in [6.45, 7) is 7.54. The van der Waals surface area contributed by atoms with Crippen LogP contribution in [0.1, 0.15) is 39.5 Å². The summed E-state index contributed by atoms with van der Waals surface area (Å²) >= 11 is 5.04. The molecule has 1 saturated heterocycles. The van der Waals surface area contributed by atoms with Gasteiger partial charge >= 0.3 is 0 Å². The highest BCUT2D eigenvalue weighted by Gasteiger charge is 2.40. The minimum Gasteiger partial charge on any atom is -0.392 e. The number of carbonyl (C=O) groups excluding carboxylic acids is 1. The van der Waals surface area contributed by atoms with Crippen LogP contribution in [0.5, 0.6) is 0 Å². The highest BCUT2D eigenvalue weighted by Crippen LogP contribution is 2.39. The zero-order chi connectivity index (χ0) is 14.0. The molecule has 1 atom stereocenters. The Bertz CT molecular complexity index is 358. The smallest absolute Gasteiger partial charge is 0.228 e. The first-order valence-electron chi connectivity index (χ1n) is 7.27. The van der Waals surface area contributed by atoms with Crippen molar-refractivity contribution in [3.63, 3.8) is 0 Å². The molecular formula is C14H25N3OS. The Morgan fingerprint density at radius 1 is 1.21 bits per heavy atom. The molecule has 108 valence electrons. The zero-order valence-electron chi connectivity index (χ0n) is 12.0. The third-order valence-electron chi connectivity index (χ3n) is 4.78. The van der Waals surface area contributed by atoms with Gasteiger partial charge in [0.1, 0.15) is 0 Å². The number of hydrogen-bond donors (Lipinski definition) is 1. The van der Waals surface area contributed by atoms with E-state index < -0.39 is 0 Å². The molecule has 1 amide bonds. The van der Waals surface area contributed by atoms with Crippen molar-refractivity contribution in [2.75, 3.05) is 26.2 Å². The van der Waals surface area contributed by atoms with Crippen LogP contribution in [0.2, 0.25) is 0 Å². The van der Waals surface area contributed by atoms with Gasteiger partial charge in [0.15, 0.2) is 0 Å². The van der Waals surface area contributed by atoms with Gasteiger partial charge in [0.25, 0.3) is 0 Å². The van der Waals surface area contributed by atoms with Crippen LogP contribution in [0.25, 0.3) is 0 Å². The van der Waals surface area contributed by atoms with Crippen molar-refractivity contribution in [1.29, 1.82) is 0 Å². The van der Waals surface area contributed by atoms with E-state index in [0.29, 0.717) is 10.9 Å². The van der Waals surface area contributed by atoms with E-state index >= 15 is 0 Å². The molecule has 0 spiro atoms. The van der Waals surface area contributed by atoms with Gasteiger partial charge in [-0.15, -0.1) is 0 Å². The van der Waals surface area contributed by atoms with Gasteiger partial charge < -0.3 is 10.6 Å². The standard InChI is InChI=1S/C14H25N3OS/c1-11(12(15)19)16-7-9-17(10-8-16)13(18)14(2)5-3-4-6-14/h11H,3-10H2,1-2H3,(H2,15,19). The van der Waals surface area contributed by atoms with Gasteiger partial charge in [-0.25, -0.2) is 0 Å². The lowest BCUT2D eigenvalue weighted by Crippen LogP contribution is -2.55. The highest BCUT2D eigenvalue weighted by molar-refractivity contribution is 7.80. The van der Waals surface area contributed by atoms with Crippen LogP contribution in [0, 0.1) is 5.41 Å². The monoisotopic (exact) mass is 283 g/mol. The Hall–Kier alpha value is -0.680. The van der Waals surface area contributed by atoms with Gasteiger partial charge in [-0.3, -0.25) is 9.69 Å². The second-order valence-corrected chi connectivity index (χ2v) is 6.65. The van der Waals surface area contributed by atoms with E-state index in [1.807, 2.05) is 11.8 Å². The summed E-state index contributed by atoms with van der Waals surface area (Å²) in [7, 11) is 0. The Labute approximate surface area is 121 Å². The van der Waals surface area contributed by atoms with Crippen molar-refractivity contribution in [3.05, 3.63) is 0 Å². The van der Waals surface area contributed by atoms with E-state index in [0.717, 1.165) is 39.0 Å². The van der Waals surface area contributed by atoms with Gasteiger partial charge in [-0.1, -0.05) is 32.0 Å². The minimum absolute atomic E-state index is 0.100. The molecule has 1 unspecified atom stereocenters. The molecule has 1 saturated carbocycles. The largest absolute Gasteiger partial charge is 0.392 e. The number of nitrogens with zero attached hydrogens (tertiary/aromatic N) is 2. The molecule has 0 aromatic rings. The van der Waals surface area contributed by atoms with E-state index in [-0.39, 0.29) is 11.5 Å². The fourth-order valence-corrected chi connectivity index (χ4v) is 3.39. The van der Waals surface area contributed by atoms with E-state index in [2.05, 4.69) is 11.8 Å². The molecule has 0 aromatic carbocycles. The zero-order valence-corrected chi connectivity index (χ0v) is 12.8. The molecule has 1 aliphatic heterocycles. The van der Waals surface area contributed by atoms with Crippen LogP contribution in [-0.4, -0.2) is 52.9 Å². The predicted molar refractivity (Wildman–Crippen MR) is 81.0 cm³/mol. The summed E-state index contributed by atoms with van der Waals surface area (Å²) in [6.07, 6.45) is 4.49. The summed E-state index contributed by atoms with van der Waals surface area (Å²) in [5.74, 6) is 0.354. The molecule has 0 radical (unpaired) electrons. The molecule has 2 aliphatic rings. The van der Waals surface area contributed by atoms with Crippen LogP contribution in [0.15, 0.2) is 0 Å². The second-order valence-electron chi connectivity index (χ2n) is 6.17. The first-order valence-corrected chi connectivity index (χ1v) is 7.68. The van der Waals surface area contributed by atoms with Crippen LogP contribution >= 0.6 is 12.2 Å². The van der Waals surface area contributed by atoms with E-state index in [1.165, 1.54) is 12.8 Å². The maximum atomic E-state index is 12.6. The van der Waals surface area contributed by atoms with Crippen molar-refractivity contribution in [3.8, 4) is 0 Å². The first-order chi connectivity index (χ1) is 8.94. The van der Waals surface area contributed by atoms with E-state index in [4.69, 9.17) is 18.0 Å².